The van der Waals surface area contributed by atoms with Crippen molar-refractivity contribution in [3.05, 3.63) is 0 Å². The number of hydrogen-bond acceptors (Lipinski definition) is 3. The first kappa shape index (κ1) is 19.9. The van der Waals surface area contributed by atoms with Crippen molar-refractivity contribution in [2.45, 2.75) is 71.9 Å². The first-order chi connectivity index (χ1) is 9.27. The highest BCUT2D eigenvalue weighted by atomic mass is 16.5. The molecule has 0 bridgehead atoms. The van der Waals surface area contributed by atoms with Crippen LogP contribution in [0.25, 0.3) is 0 Å². The summed E-state index contributed by atoms with van der Waals surface area (Å²) in [7, 11) is 4.22. The molecule has 0 amide bonds. The molecule has 1 aliphatic heterocycles. The molecule has 0 atom stereocenters. The van der Waals surface area contributed by atoms with Gasteiger partial charge in [-0.25, -0.2) is 0 Å². The second kappa shape index (κ2) is 9.01. The number of rotatable bonds is 6. The van der Waals surface area contributed by atoms with Gasteiger partial charge in [0.2, 0.25) is 0 Å². The van der Waals surface area contributed by atoms with Gasteiger partial charge in [0, 0.05) is 12.1 Å². The average Bonchev–Trinajstić information content (AvgIpc) is 2.41. The SMILES string of the molecule is CC.CNC(C)(C)CCOC(C)(C)C1CCN(C)CC1. The van der Waals surface area contributed by atoms with Gasteiger partial charge in [-0.3, -0.25) is 0 Å². The van der Waals surface area contributed by atoms with Gasteiger partial charge in [0.25, 0.3) is 0 Å². The van der Waals surface area contributed by atoms with E-state index in [1.165, 1.54) is 25.9 Å². The summed E-state index contributed by atoms with van der Waals surface area (Å²) >= 11 is 0. The van der Waals surface area contributed by atoms with Gasteiger partial charge in [-0.15, -0.1) is 0 Å². The molecule has 0 aromatic heterocycles. The lowest BCUT2D eigenvalue weighted by Gasteiger charge is -2.40. The van der Waals surface area contributed by atoms with Crippen LogP contribution in [0.3, 0.4) is 0 Å². The zero-order chi connectivity index (χ0) is 15.8. The van der Waals surface area contributed by atoms with Crippen LogP contribution in [-0.2, 0) is 4.74 Å². The second-order valence-corrected chi connectivity index (χ2v) is 6.91. The van der Waals surface area contributed by atoms with Crippen molar-refractivity contribution in [1.29, 1.82) is 0 Å². The van der Waals surface area contributed by atoms with E-state index in [0.29, 0.717) is 5.92 Å². The topological polar surface area (TPSA) is 24.5 Å². The Kier molecular flexibility index (Phi) is 8.96. The van der Waals surface area contributed by atoms with E-state index in [-0.39, 0.29) is 11.1 Å². The summed E-state index contributed by atoms with van der Waals surface area (Å²) in [5.41, 5.74) is 0.188. The maximum atomic E-state index is 6.18. The molecule has 3 heteroatoms. The fourth-order valence-electron chi connectivity index (χ4n) is 2.52. The Labute approximate surface area is 127 Å². The summed E-state index contributed by atoms with van der Waals surface area (Å²) in [4.78, 5) is 2.41. The van der Waals surface area contributed by atoms with E-state index in [9.17, 15) is 0 Å². The highest BCUT2D eigenvalue weighted by molar-refractivity contribution is 4.84. The zero-order valence-electron chi connectivity index (χ0n) is 15.2. The van der Waals surface area contributed by atoms with Gasteiger partial charge >= 0.3 is 0 Å². The van der Waals surface area contributed by atoms with Crippen molar-refractivity contribution in [1.82, 2.24) is 10.2 Å². The summed E-state index contributed by atoms with van der Waals surface area (Å²) in [6, 6.07) is 0. The first-order valence-electron chi connectivity index (χ1n) is 8.28. The van der Waals surface area contributed by atoms with E-state index in [1.54, 1.807) is 0 Å². The summed E-state index contributed by atoms with van der Waals surface area (Å²) in [5, 5.41) is 3.33. The van der Waals surface area contributed by atoms with Gasteiger partial charge in [-0.05, 0) is 80.1 Å². The van der Waals surface area contributed by atoms with Gasteiger partial charge < -0.3 is 15.0 Å². The Bertz CT molecular complexity index is 243. The molecule has 20 heavy (non-hydrogen) atoms. The lowest BCUT2D eigenvalue weighted by molar-refractivity contribution is -0.0793. The Hall–Kier alpha value is -0.120. The second-order valence-electron chi connectivity index (χ2n) is 6.91. The molecule has 1 fully saturated rings. The fraction of sp³-hybridized carbons (Fsp3) is 1.00. The Morgan fingerprint density at radius 1 is 1.10 bits per heavy atom. The number of ether oxygens (including phenoxy) is 1. The summed E-state index contributed by atoms with van der Waals surface area (Å²) in [5.74, 6) is 0.700. The molecule has 1 N–H and O–H groups in total. The van der Waals surface area contributed by atoms with E-state index in [0.717, 1.165) is 13.0 Å². The first-order valence-corrected chi connectivity index (χ1v) is 8.28. The number of likely N-dealkylation sites (tertiary alicyclic amines) is 1. The van der Waals surface area contributed by atoms with Gasteiger partial charge in [-0.2, -0.15) is 0 Å². The smallest absolute Gasteiger partial charge is 0.0655 e. The van der Waals surface area contributed by atoms with Crippen LogP contribution in [-0.4, -0.2) is 49.8 Å². The summed E-state index contributed by atoms with van der Waals surface area (Å²) < 4.78 is 6.18. The van der Waals surface area contributed by atoms with Gasteiger partial charge in [0.15, 0.2) is 0 Å². The van der Waals surface area contributed by atoms with E-state index in [2.05, 4.69) is 45.0 Å². The zero-order valence-corrected chi connectivity index (χ0v) is 15.2. The van der Waals surface area contributed by atoms with Crippen LogP contribution in [0.15, 0.2) is 0 Å². The molecule has 122 valence electrons. The minimum absolute atomic E-state index is 0.0189. The third-order valence-corrected chi connectivity index (χ3v) is 4.58. The number of hydrogen-bond donors (Lipinski definition) is 1. The molecule has 1 rings (SSSR count). The number of nitrogens with one attached hydrogen (secondary N) is 1. The quantitative estimate of drug-likeness (QED) is 0.808. The van der Waals surface area contributed by atoms with E-state index < -0.39 is 0 Å². The Morgan fingerprint density at radius 3 is 2.05 bits per heavy atom. The predicted octanol–water partition coefficient (Wildman–Crippen LogP) is 3.54. The molecule has 0 unspecified atom stereocenters. The van der Waals surface area contributed by atoms with Crippen LogP contribution in [0.1, 0.15) is 60.8 Å². The molecule has 0 radical (unpaired) electrons. The summed E-state index contributed by atoms with van der Waals surface area (Å²) in [6.45, 7) is 16.2. The molecular formula is C17H38N2O. The van der Waals surface area contributed by atoms with Crippen LogP contribution in [0.4, 0.5) is 0 Å². The third kappa shape index (κ3) is 7.05. The molecule has 0 aromatic carbocycles. The average molecular weight is 287 g/mol. The summed E-state index contributed by atoms with van der Waals surface area (Å²) in [6.07, 6.45) is 3.58. The molecule has 1 aliphatic rings. The molecule has 0 aromatic rings. The minimum atomic E-state index is 0.0189. The normalized spacial score (nSPS) is 18.6. The van der Waals surface area contributed by atoms with Crippen molar-refractivity contribution < 1.29 is 4.74 Å². The Balaban J connectivity index is 0.00000172. The van der Waals surface area contributed by atoms with Crippen LogP contribution in [0.5, 0.6) is 0 Å². The van der Waals surface area contributed by atoms with Crippen molar-refractivity contribution in [2.24, 2.45) is 5.92 Å². The van der Waals surface area contributed by atoms with Gasteiger partial charge in [0.1, 0.15) is 0 Å². The van der Waals surface area contributed by atoms with Crippen LogP contribution >= 0.6 is 0 Å². The molecule has 0 saturated carbocycles. The van der Waals surface area contributed by atoms with E-state index in [4.69, 9.17) is 4.74 Å². The van der Waals surface area contributed by atoms with Crippen LogP contribution in [0.2, 0.25) is 0 Å². The highest BCUT2D eigenvalue weighted by Gasteiger charge is 2.32. The van der Waals surface area contributed by atoms with Crippen molar-refractivity contribution in [3.8, 4) is 0 Å². The predicted molar refractivity (Wildman–Crippen MR) is 89.4 cm³/mol. The monoisotopic (exact) mass is 286 g/mol. The molecule has 0 spiro atoms. The molecule has 3 nitrogen and oxygen atoms in total. The molecular weight excluding hydrogens is 248 g/mol. The van der Waals surface area contributed by atoms with Gasteiger partial charge in [0.05, 0.1) is 5.60 Å². The maximum Gasteiger partial charge on any atom is 0.0655 e. The standard InChI is InChI=1S/C15H32N2O.C2H6/c1-14(2,16-5)9-12-18-15(3,4)13-7-10-17(6)11-8-13;1-2/h13,16H,7-12H2,1-6H3;1-2H3. The molecule has 0 aliphatic carbocycles. The fourth-order valence-corrected chi connectivity index (χ4v) is 2.52. The number of nitrogens with zero attached hydrogens (tertiary/aromatic N) is 1. The highest BCUT2D eigenvalue weighted by Crippen LogP contribution is 2.31. The van der Waals surface area contributed by atoms with E-state index >= 15 is 0 Å². The molecule has 1 saturated heterocycles. The van der Waals surface area contributed by atoms with Crippen molar-refractivity contribution in [2.75, 3.05) is 33.8 Å². The lowest BCUT2D eigenvalue weighted by Crippen LogP contribution is -2.43. The third-order valence-electron chi connectivity index (χ3n) is 4.58. The lowest BCUT2D eigenvalue weighted by atomic mass is 9.83. The maximum absolute atomic E-state index is 6.18. The van der Waals surface area contributed by atoms with Gasteiger partial charge in [-0.1, -0.05) is 13.8 Å². The minimum Gasteiger partial charge on any atom is -0.375 e. The van der Waals surface area contributed by atoms with Crippen LogP contribution < -0.4 is 5.32 Å². The van der Waals surface area contributed by atoms with E-state index in [1.807, 2.05) is 20.9 Å². The molecule has 1 heterocycles. The van der Waals surface area contributed by atoms with Crippen LogP contribution in [0, 0.1) is 5.92 Å². The van der Waals surface area contributed by atoms with Crippen molar-refractivity contribution in [3.63, 3.8) is 0 Å². The largest absolute Gasteiger partial charge is 0.375 e. The Morgan fingerprint density at radius 2 is 1.60 bits per heavy atom. The number of piperidine rings is 1. The van der Waals surface area contributed by atoms with Crippen molar-refractivity contribution >= 4 is 0 Å².